The van der Waals surface area contributed by atoms with Crippen molar-refractivity contribution < 1.29 is 0 Å². The van der Waals surface area contributed by atoms with Crippen LogP contribution in [0.25, 0.3) is 0 Å². The van der Waals surface area contributed by atoms with E-state index >= 15 is 0 Å². The number of likely N-dealkylation sites (tertiary alicyclic amines) is 1. The zero-order valence-corrected chi connectivity index (χ0v) is 16.0. The predicted molar refractivity (Wildman–Crippen MR) is 100 cm³/mol. The third-order valence-electron chi connectivity index (χ3n) is 5.00. The molecule has 0 radical (unpaired) electrons. The predicted octanol–water partition coefficient (Wildman–Crippen LogP) is 1.82. The highest BCUT2D eigenvalue weighted by atomic mass is 15.3. The molecule has 1 aromatic heterocycles. The molecule has 6 nitrogen and oxygen atoms in total. The lowest BCUT2D eigenvalue weighted by Crippen LogP contribution is -2.43. The Kier molecular flexibility index (Phi) is 7.09. The fourth-order valence-electron chi connectivity index (χ4n) is 3.16. The second kappa shape index (κ2) is 9.06. The minimum absolute atomic E-state index is 0.669. The topological polar surface area (TPSA) is 57.5 Å². The molecule has 1 fully saturated rings. The van der Waals surface area contributed by atoms with Crippen LogP contribution in [-0.4, -0.2) is 53.4 Å². The molecule has 0 aromatic carbocycles. The summed E-state index contributed by atoms with van der Waals surface area (Å²) in [6.07, 6.45) is 2.65. The zero-order chi connectivity index (χ0) is 17.5. The number of nitrogens with one attached hydrogen (secondary N) is 2. The molecule has 2 heterocycles. The van der Waals surface area contributed by atoms with E-state index in [0.717, 1.165) is 37.2 Å². The van der Waals surface area contributed by atoms with Crippen LogP contribution in [-0.2, 0) is 13.6 Å². The number of aromatic nitrogens is 2. The lowest BCUT2D eigenvalue weighted by Gasteiger charge is -2.30. The Bertz CT molecular complexity index is 540. The van der Waals surface area contributed by atoms with Gasteiger partial charge in [-0.1, -0.05) is 6.92 Å². The van der Waals surface area contributed by atoms with Gasteiger partial charge >= 0.3 is 0 Å². The molecule has 0 unspecified atom stereocenters. The fourth-order valence-corrected chi connectivity index (χ4v) is 3.16. The first-order valence-corrected chi connectivity index (χ1v) is 9.24. The fraction of sp³-hybridized carbons (Fsp3) is 0.778. The van der Waals surface area contributed by atoms with Crippen molar-refractivity contribution in [2.24, 2.45) is 18.0 Å². The third-order valence-corrected chi connectivity index (χ3v) is 5.00. The number of piperidine rings is 1. The quantitative estimate of drug-likeness (QED) is 0.615. The Hall–Kier alpha value is -1.56. The average Bonchev–Trinajstić information content (AvgIpc) is 2.80. The highest BCUT2D eigenvalue weighted by Crippen LogP contribution is 2.15. The number of hydrogen-bond donors (Lipinski definition) is 2. The van der Waals surface area contributed by atoms with Crippen LogP contribution in [0.5, 0.6) is 0 Å². The Balaban J connectivity index is 1.84. The number of nitrogens with zero attached hydrogens (tertiary/aromatic N) is 4. The molecule has 6 heteroatoms. The van der Waals surface area contributed by atoms with Gasteiger partial charge in [0.05, 0.1) is 12.2 Å². The maximum atomic E-state index is 4.74. The van der Waals surface area contributed by atoms with Crippen LogP contribution < -0.4 is 10.6 Å². The van der Waals surface area contributed by atoms with E-state index in [1.807, 2.05) is 11.7 Å². The third kappa shape index (κ3) is 5.23. The number of aliphatic imine (C=N–C) groups is 1. The number of rotatable bonds is 6. The van der Waals surface area contributed by atoms with Gasteiger partial charge in [-0.3, -0.25) is 4.68 Å². The van der Waals surface area contributed by atoms with Crippen molar-refractivity contribution in [1.29, 1.82) is 0 Å². The molecule has 0 amide bonds. The van der Waals surface area contributed by atoms with Crippen molar-refractivity contribution in [3.8, 4) is 0 Å². The summed E-state index contributed by atoms with van der Waals surface area (Å²) >= 11 is 0. The molecular weight excluding hydrogens is 300 g/mol. The smallest absolute Gasteiger partial charge is 0.191 e. The van der Waals surface area contributed by atoms with Crippen LogP contribution in [0, 0.1) is 19.8 Å². The number of hydrogen-bond acceptors (Lipinski definition) is 3. The molecule has 1 aliphatic rings. The molecule has 0 atom stereocenters. The summed E-state index contributed by atoms with van der Waals surface area (Å²) in [6, 6.07) is 0. The van der Waals surface area contributed by atoms with E-state index in [-0.39, 0.29) is 0 Å². The van der Waals surface area contributed by atoms with E-state index < -0.39 is 0 Å². The van der Waals surface area contributed by atoms with E-state index in [1.54, 1.807) is 0 Å². The van der Waals surface area contributed by atoms with Gasteiger partial charge in [0.2, 0.25) is 0 Å². The van der Waals surface area contributed by atoms with Crippen molar-refractivity contribution >= 4 is 5.96 Å². The van der Waals surface area contributed by atoms with Crippen LogP contribution in [0.3, 0.4) is 0 Å². The van der Waals surface area contributed by atoms with E-state index in [4.69, 9.17) is 4.99 Å². The van der Waals surface area contributed by atoms with Gasteiger partial charge in [0.15, 0.2) is 5.96 Å². The summed E-state index contributed by atoms with van der Waals surface area (Å²) in [6.45, 7) is 14.6. The van der Waals surface area contributed by atoms with Crippen molar-refractivity contribution in [3.63, 3.8) is 0 Å². The number of aryl methyl sites for hydroxylation is 2. The average molecular weight is 335 g/mol. The van der Waals surface area contributed by atoms with Gasteiger partial charge in [-0.25, -0.2) is 4.99 Å². The maximum absolute atomic E-state index is 4.74. The van der Waals surface area contributed by atoms with Crippen LogP contribution in [0.1, 0.15) is 43.6 Å². The van der Waals surface area contributed by atoms with Gasteiger partial charge in [-0.05, 0) is 52.6 Å². The van der Waals surface area contributed by atoms with Gasteiger partial charge in [-0.15, -0.1) is 0 Å². The Morgan fingerprint density at radius 1 is 1.25 bits per heavy atom. The lowest BCUT2D eigenvalue weighted by atomic mass is 9.99. The lowest BCUT2D eigenvalue weighted by molar-refractivity contribution is 0.195. The second-order valence-electron chi connectivity index (χ2n) is 6.92. The summed E-state index contributed by atoms with van der Waals surface area (Å²) in [5.74, 6) is 1.78. The van der Waals surface area contributed by atoms with Gasteiger partial charge in [0.25, 0.3) is 0 Å². The Labute approximate surface area is 146 Å². The second-order valence-corrected chi connectivity index (χ2v) is 6.92. The first-order chi connectivity index (χ1) is 11.5. The molecule has 0 aliphatic carbocycles. The van der Waals surface area contributed by atoms with Crippen LogP contribution in [0.4, 0.5) is 0 Å². The molecule has 0 bridgehead atoms. The summed E-state index contributed by atoms with van der Waals surface area (Å²) in [5.41, 5.74) is 3.48. The zero-order valence-electron chi connectivity index (χ0n) is 16.0. The highest BCUT2D eigenvalue weighted by molar-refractivity contribution is 5.79. The monoisotopic (exact) mass is 334 g/mol. The molecule has 2 rings (SSSR count). The van der Waals surface area contributed by atoms with Crippen molar-refractivity contribution in [1.82, 2.24) is 25.3 Å². The van der Waals surface area contributed by atoms with E-state index in [2.05, 4.69) is 48.3 Å². The molecule has 0 saturated carbocycles. The molecule has 24 heavy (non-hydrogen) atoms. The van der Waals surface area contributed by atoms with Crippen molar-refractivity contribution in [3.05, 3.63) is 17.0 Å². The van der Waals surface area contributed by atoms with Gasteiger partial charge in [0, 0.05) is 37.9 Å². The molecule has 1 aromatic rings. The standard InChI is InChI=1S/C18H34N6/c1-6-19-18(20-9-12-24-10-7-14(2)8-11-24)21-13-17-15(3)22-23(5)16(17)4/h14H,6-13H2,1-5H3,(H2,19,20,21). The Morgan fingerprint density at radius 3 is 2.54 bits per heavy atom. The molecular formula is C18H34N6. The summed E-state index contributed by atoms with van der Waals surface area (Å²) in [5, 5.41) is 11.3. The van der Waals surface area contributed by atoms with Gasteiger partial charge in [0.1, 0.15) is 0 Å². The maximum Gasteiger partial charge on any atom is 0.191 e. The normalized spacial score (nSPS) is 17.3. The summed E-state index contributed by atoms with van der Waals surface area (Å²) in [7, 11) is 1.98. The van der Waals surface area contributed by atoms with Crippen LogP contribution in [0.15, 0.2) is 4.99 Å². The van der Waals surface area contributed by atoms with Gasteiger partial charge < -0.3 is 15.5 Å². The van der Waals surface area contributed by atoms with Gasteiger partial charge in [-0.2, -0.15) is 5.10 Å². The molecule has 0 spiro atoms. The Morgan fingerprint density at radius 2 is 1.96 bits per heavy atom. The first-order valence-electron chi connectivity index (χ1n) is 9.24. The largest absolute Gasteiger partial charge is 0.357 e. The van der Waals surface area contributed by atoms with E-state index in [1.165, 1.54) is 37.2 Å². The summed E-state index contributed by atoms with van der Waals surface area (Å²) in [4.78, 5) is 7.28. The number of guanidine groups is 1. The minimum atomic E-state index is 0.669. The molecule has 136 valence electrons. The van der Waals surface area contributed by atoms with E-state index in [9.17, 15) is 0 Å². The molecule has 1 saturated heterocycles. The van der Waals surface area contributed by atoms with Crippen LogP contribution in [0.2, 0.25) is 0 Å². The molecule has 2 N–H and O–H groups in total. The first kappa shape index (κ1) is 18.8. The van der Waals surface area contributed by atoms with Crippen molar-refractivity contribution in [2.45, 2.75) is 47.1 Å². The summed E-state index contributed by atoms with van der Waals surface area (Å²) < 4.78 is 1.93. The van der Waals surface area contributed by atoms with Crippen molar-refractivity contribution in [2.75, 3.05) is 32.7 Å². The van der Waals surface area contributed by atoms with E-state index in [0.29, 0.717) is 6.54 Å². The minimum Gasteiger partial charge on any atom is -0.357 e. The SMILES string of the molecule is CCNC(=NCc1c(C)nn(C)c1C)NCCN1CCC(C)CC1. The molecule has 1 aliphatic heterocycles. The van der Waals surface area contributed by atoms with Crippen LogP contribution >= 0.6 is 0 Å². The highest BCUT2D eigenvalue weighted by Gasteiger charge is 2.15.